The van der Waals surface area contributed by atoms with Crippen LogP contribution in [0.5, 0.6) is 0 Å². The van der Waals surface area contributed by atoms with E-state index in [9.17, 15) is 13.9 Å². The molecule has 2 aromatic heterocycles. The Bertz CT molecular complexity index is 829. The predicted octanol–water partition coefficient (Wildman–Crippen LogP) is 2.91. The van der Waals surface area contributed by atoms with Crippen LogP contribution in [0.1, 0.15) is 43.0 Å². The number of pyridine rings is 1. The van der Waals surface area contributed by atoms with Gasteiger partial charge in [-0.2, -0.15) is 4.37 Å². The Morgan fingerprint density at radius 1 is 1.31 bits per heavy atom. The molecule has 0 saturated carbocycles. The fourth-order valence-corrected chi connectivity index (χ4v) is 4.54. The lowest BCUT2D eigenvalue weighted by Crippen LogP contribution is -2.42. The molecule has 2 fully saturated rings. The Morgan fingerprint density at radius 2 is 2.10 bits per heavy atom. The van der Waals surface area contributed by atoms with Crippen LogP contribution >= 0.6 is 11.5 Å². The largest absolute Gasteiger partial charge is 0.389 e. The van der Waals surface area contributed by atoms with Crippen LogP contribution in [0, 0.1) is 0 Å². The molecule has 0 amide bonds. The number of piperidine rings is 1. The number of aliphatic hydroxyl groups excluding tert-OH is 1. The van der Waals surface area contributed by atoms with E-state index < -0.39 is 12.5 Å². The van der Waals surface area contributed by atoms with Gasteiger partial charge in [0.05, 0.1) is 18.8 Å². The number of aliphatic hydroxyl groups is 1. The standard InChI is InChI=1S/C19H25F2N5O2S/c1-26-5-2-11(3-6-26)18-24-19(29-25-18)12-8-16(22-9-13(12)17(20)21)23-14-4-7-28-10-15(14)27/h8-9,11,14-15,17,27H,2-7,10H2,1H3,(H,22,23)/t14-,15-/m1/s1. The average molecular weight is 426 g/mol. The molecule has 10 heteroatoms. The summed E-state index contributed by atoms with van der Waals surface area (Å²) >= 11 is 1.15. The summed E-state index contributed by atoms with van der Waals surface area (Å²) in [4.78, 5) is 11.0. The first kappa shape index (κ1) is 20.5. The number of nitrogens with zero attached hydrogens (tertiary/aromatic N) is 4. The minimum atomic E-state index is -2.66. The Balaban J connectivity index is 1.58. The average Bonchev–Trinajstić information content (AvgIpc) is 3.20. The van der Waals surface area contributed by atoms with Crippen molar-refractivity contribution in [3.63, 3.8) is 0 Å². The van der Waals surface area contributed by atoms with Gasteiger partial charge < -0.3 is 20.1 Å². The molecule has 2 atom stereocenters. The van der Waals surface area contributed by atoms with Gasteiger partial charge in [-0.15, -0.1) is 0 Å². The zero-order valence-corrected chi connectivity index (χ0v) is 17.0. The van der Waals surface area contributed by atoms with E-state index in [0.29, 0.717) is 29.4 Å². The number of alkyl halides is 2. The number of halogens is 2. The molecule has 2 aliphatic heterocycles. The van der Waals surface area contributed by atoms with Crippen molar-refractivity contribution in [2.45, 2.75) is 43.8 Å². The lowest BCUT2D eigenvalue weighted by atomic mass is 9.96. The second-order valence-corrected chi connectivity index (χ2v) is 8.43. The number of aromatic nitrogens is 3. The summed E-state index contributed by atoms with van der Waals surface area (Å²) in [6, 6.07) is 1.36. The Hall–Kier alpha value is -1.75. The van der Waals surface area contributed by atoms with E-state index in [1.807, 2.05) is 0 Å². The molecular weight excluding hydrogens is 400 g/mol. The molecule has 29 heavy (non-hydrogen) atoms. The number of rotatable bonds is 5. The van der Waals surface area contributed by atoms with Crippen LogP contribution < -0.4 is 5.32 Å². The van der Waals surface area contributed by atoms with E-state index >= 15 is 0 Å². The van der Waals surface area contributed by atoms with E-state index in [-0.39, 0.29) is 24.1 Å². The van der Waals surface area contributed by atoms with Crippen LogP contribution in [-0.2, 0) is 4.74 Å². The number of nitrogens with one attached hydrogen (secondary N) is 1. The van der Waals surface area contributed by atoms with Crippen LogP contribution in [0.25, 0.3) is 10.6 Å². The predicted molar refractivity (Wildman–Crippen MR) is 106 cm³/mol. The van der Waals surface area contributed by atoms with Crippen molar-refractivity contribution in [3.8, 4) is 10.6 Å². The highest BCUT2D eigenvalue weighted by molar-refractivity contribution is 7.09. The van der Waals surface area contributed by atoms with E-state index in [4.69, 9.17) is 4.74 Å². The molecule has 2 saturated heterocycles. The maximum atomic E-state index is 13.6. The van der Waals surface area contributed by atoms with E-state index in [2.05, 4.69) is 31.6 Å². The summed E-state index contributed by atoms with van der Waals surface area (Å²) in [5, 5.41) is 13.7. The molecule has 2 aromatic rings. The summed E-state index contributed by atoms with van der Waals surface area (Å²) in [6.45, 7) is 2.75. The van der Waals surface area contributed by atoms with Crippen LogP contribution in [0.2, 0.25) is 0 Å². The maximum absolute atomic E-state index is 13.6. The Kier molecular flexibility index (Phi) is 6.33. The molecule has 0 unspecified atom stereocenters. The molecule has 0 radical (unpaired) electrons. The first-order valence-corrected chi connectivity index (χ1v) is 10.6. The molecule has 2 aliphatic rings. The lowest BCUT2D eigenvalue weighted by Gasteiger charge is -2.29. The van der Waals surface area contributed by atoms with Gasteiger partial charge in [-0.1, -0.05) is 0 Å². The van der Waals surface area contributed by atoms with Crippen molar-refractivity contribution in [3.05, 3.63) is 23.7 Å². The molecule has 7 nitrogen and oxygen atoms in total. The summed E-state index contributed by atoms with van der Waals surface area (Å²) in [6.07, 6.45) is 0.425. The highest BCUT2D eigenvalue weighted by atomic mass is 32.1. The molecule has 0 bridgehead atoms. The van der Waals surface area contributed by atoms with Gasteiger partial charge in [0.25, 0.3) is 6.43 Å². The smallest absolute Gasteiger partial charge is 0.266 e. The van der Waals surface area contributed by atoms with Crippen molar-refractivity contribution in [2.75, 3.05) is 38.7 Å². The molecule has 4 heterocycles. The minimum absolute atomic E-state index is 0.158. The number of likely N-dealkylation sites (tertiary alicyclic amines) is 1. The summed E-state index contributed by atoms with van der Waals surface area (Å²) in [5.41, 5.74) is 0.185. The number of ether oxygens (including phenoxy) is 1. The van der Waals surface area contributed by atoms with Crippen LogP contribution in [0.15, 0.2) is 12.3 Å². The van der Waals surface area contributed by atoms with Crippen molar-refractivity contribution in [1.82, 2.24) is 19.2 Å². The van der Waals surface area contributed by atoms with Gasteiger partial charge in [0, 0.05) is 29.8 Å². The number of hydrogen-bond donors (Lipinski definition) is 2. The second-order valence-electron chi connectivity index (χ2n) is 7.67. The third-order valence-corrected chi connectivity index (χ3v) is 6.35. The maximum Gasteiger partial charge on any atom is 0.266 e. The first-order valence-electron chi connectivity index (χ1n) is 9.84. The van der Waals surface area contributed by atoms with Gasteiger partial charge in [0.1, 0.15) is 16.6 Å². The molecule has 0 aliphatic carbocycles. The van der Waals surface area contributed by atoms with Crippen molar-refractivity contribution in [2.24, 2.45) is 0 Å². The SMILES string of the molecule is CN1CCC(c2nsc(-c3cc(N[C@@H]4CCOC[C@H]4O)ncc3C(F)F)n2)CC1. The lowest BCUT2D eigenvalue weighted by molar-refractivity contribution is -0.0135. The zero-order chi connectivity index (χ0) is 20.4. The topological polar surface area (TPSA) is 83.4 Å². The minimum Gasteiger partial charge on any atom is -0.389 e. The molecule has 4 rings (SSSR count). The second kappa shape index (κ2) is 8.95. The molecule has 0 aromatic carbocycles. The third-order valence-electron chi connectivity index (χ3n) is 5.59. The first-order chi connectivity index (χ1) is 14.0. The number of hydrogen-bond acceptors (Lipinski definition) is 8. The van der Waals surface area contributed by atoms with Crippen LogP contribution in [-0.4, -0.2) is 69.8 Å². The third kappa shape index (κ3) is 4.71. The van der Waals surface area contributed by atoms with Gasteiger partial charge in [0.15, 0.2) is 0 Å². The van der Waals surface area contributed by atoms with Crippen LogP contribution in [0.3, 0.4) is 0 Å². The highest BCUT2D eigenvalue weighted by Crippen LogP contribution is 2.35. The zero-order valence-electron chi connectivity index (χ0n) is 16.2. The summed E-state index contributed by atoms with van der Waals surface area (Å²) < 4.78 is 36.9. The van der Waals surface area contributed by atoms with E-state index in [1.54, 1.807) is 6.07 Å². The normalized spacial score (nSPS) is 24.2. The van der Waals surface area contributed by atoms with Crippen molar-refractivity contribution in [1.29, 1.82) is 0 Å². The van der Waals surface area contributed by atoms with Crippen molar-refractivity contribution < 1.29 is 18.6 Å². The molecular formula is C19H25F2N5O2S. The molecule has 2 N–H and O–H groups in total. The fourth-order valence-electron chi connectivity index (χ4n) is 3.76. The number of anilines is 1. The van der Waals surface area contributed by atoms with Crippen molar-refractivity contribution >= 4 is 17.4 Å². The van der Waals surface area contributed by atoms with Gasteiger partial charge in [-0.05, 0) is 57.0 Å². The quantitative estimate of drug-likeness (QED) is 0.762. The molecule has 0 spiro atoms. The van der Waals surface area contributed by atoms with Gasteiger partial charge in [-0.3, -0.25) is 0 Å². The van der Waals surface area contributed by atoms with Gasteiger partial charge in [-0.25, -0.2) is 18.7 Å². The summed E-state index contributed by atoms with van der Waals surface area (Å²) in [7, 11) is 2.09. The van der Waals surface area contributed by atoms with Gasteiger partial charge >= 0.3 is 0 Å². The van der Waals surface area contributed by atoms with E-state index in [1.165, 1.54) is 6.20 Å². The highest BCUT2D eigenvalue weighted by Gasteiger charge is 2.26. The van der Waals surface area contributed by atoms with Gasteiger partial charge in [0.2, 0.25) is 0 Å². The monoisotopic (exact) mass is 425 g/mol. The Labute approximate surface area is 172 Å². The molecule has 158 valence electrons. The summed E-state index contributed by atoms with van der Waals surface area (Å²) in [5.74, 6) is 1.44. The Morgan fingerprint density at radius 3 is 2.83 bits per heavy atom. The van der Waals surface area contributed by atoms with Crippen LogP contribution in [0.4, 0.5) is 14.6 Å². The van der Waals surface area contributed by atoms with E-state index in [0.717, 1.165) is 43.3 Å². The fraction of sp³-hybridized carbons (Fsp3) is 0.632.